The maximum Gasteiger partial charge on any atom is 0.253 e. The number of para-hydroxylation sites is 1. The highest BCUT2D eigenvalue weighted by atomic mass is 16.1. The first-order valence-electron chi connectivity index (χ1n) is 8.31. The first-order chi connectivity index (χ1) is 12.0. The van der Waals surface area contributed by atoms with Crippen LogP contribution in [-0.2, 0) is 0 Å². The Bertz CT molecular complexity index is 914. The van der Waals surface area contributed by atoms with Crippen LogP contribution in [0.1, 0.15) is 45.7 Å². The molecule has 0 radical (unpaired) electrons. The van der Waals surface area contributed by atoms with E-state index in [1.165, 1.54) is 0 Å². The summed E-state index contributed by atoms with van der Waals surface area (Å²) in [5, 5.41) is 7.56. The molecule has 0 saturated heterocycles. The molecule has 128 valence electrons. The van der Waals surface area contributed by atoms with E-state index in [1.807, 2.05) is 55.9 Å². The van der Waals surface area contributed by atoms with Gasteiger partial charge in [0, 0.05) is 23.7 Å². The number of nitrogens with one attached hydrogen (secondary N) is 1. The topological polar surface area (TPSA) is 59.8 Å². The third-order valence-electron chi connectivity index (χ3n) is 4.49. The summed E-state index contributed by atoms with van der Waals surface area (Å²) in [7, 11) is 0. The average molecular weight is 334 g/mol. The van der Waals surface area contributed by atoms with Crippen LogP contribution in [0.4, 0.5) is 0 Å². The molecule has 0 saturated carbocycles. The number of hydrogen-bond donors (Lipinski definition) is 1. The minimum atomic E-state index is -0.148. The number of carbonyl (C=O) groups is 1. The second-order valence-corrected chi connectivity index (χ2v) is 6.27. The average Bonchev–Trinajstić information content (AvgIpc) is 2.97. The number of nitrogens with zero attached hydrogens (tertiary/aromatic N) is 3. The van der Waals surface area contributed by atoms with Gasteiger partial charge in [0.15, 0.2) is 0 Å². The van der Waals surface area contributed by atoms with Gasteiger partial charge in [0.1, 0.15) is 0 Å². The highest BCUT2D eigenvalue weighted by molar-refractivity contribution is 5.95. The van der Waals surface area contributed by atoms with Crippen molar-refractivity contribution in [2.24, 2.45) is 0 Å². The first kappa shape index (κ1) is 16.9. The Kier molecular flexibility index (Phi) is 4.65. The van der Waals surface area contributed by atoms with Crippen LogP contribution in [0.2, 0.25) is 0 Å². The van der Waals surface area contributed by atoms with Gasteiger partial charge < -0.3 is 5.32 Å². The second-order valence-electron chi connectivity index (χ2n) is 6.27. The predicted octanol–water partition coefficient (Wildman–Crippen LogP) is 3.68. The Hall–Kier alpha value is -2.95. The lowest BCUT2D eigenvalue weighted by Crippen LogP contribution is -2.27. The molecule has 0 aliphatic rings. The van der Waals surface area contributed by atoms with Crippen molar-refractivity contribution < 1.29 is 4.79 Å². The molecule has 1 N–H and O–H groups in total. The van der Waals surface area contributed by atoms with Crippen molar-refractivity contribution in [3.8, 4) is 5.69 Å². The molecule has 3 rings (SSSR count). The Morgan fingerprint density at radius 1 is 1.08 bits per heavy atom. The van der Waals surface area contributed by atoms with Crippen LogP contribution in [0.15, 0.2) is 48.9 Å². The standard InChI is InChI=1S/C20H22N4O/c1-13-9-10-21-11-17(13)20(25)23-15(3)18-12-22-24(16(18)4)19-8-6-5-7-14(19)2/h5-12,15H,1-4H3,(H,23,25)/t15-/m0/s1. The highest BCUT2D eigenvalue weighted by Gasteiger charge is 2.18. The molecule has 0 spiro atoms. The smallest absolute Gasteiger partial charge is 0.253 e. The molecule has 5 nitrogen and oxygen atoms in total. The quantitative estimate of drug-likeness (QED) is 0.792. The minimum Gasteiger partial charge on any atom is -0.345 e. The van der Waals surface area contributed by atoms with Crippen LogP contribution < -0.4 is 5.32 Å². The van der Waals surface area contributed by atoms with E-state index < -0.39 is 0 Å². The van der Waals surface area contributed by atoms with E-state index in [-0.39, 0.29) is 11.9 Å². The van der Waals surface area contributed by atoms with Crippen molar-refractivity contribution in [1.29, 1.82) is 0 Å². The van der Waals surface area contributed by atoms with Crippen molar-refractivity contribution in [2.45, 2.75) is 33.7 Å². The van der Waals surface area contributed by atoms with Crippen molar-refractivity contribution in [3.05, 3.63) is 76.9 Å². The van der Waals surface area contributed by atoms with E-state index in [9.17, 15) is 4.79 Å². The normalized spacial score (nSPS) is 12.0. The molecule has 0 fully saturated rings. The van der Waals surface area contributed by atoms with Gasteiger partial charge in [-0.3, -0.25) is 9.78 Å². The largest absolute Gasteiger partial charge is 0.345 e. The SMILES string of the molecule is Cc1ccncc1C(=O)N[C@@H](C)c1cnn(-c2ccccc2C)c1C. The van der Waals surface area contributed by atoms with Gasteiger partial charge in [0.2, 0.25) is 0 Å². The van der Waals surface area contributed by atoms with E-state index in [2.05, 4.69) is 28.4 Å². The maximum absolute atomic E-state index is 12.5. The minimum absolute atomic E-state index is 0.124. The fourth-order valence-corrected chi connectivity index (χ4v) is 2.95. The molecular formula is C20H22N4O. The number of aromatic nitrogens is 3. The van der Waals surface area contributed by atoms with Crippen LogP contribution in [0, 0.1) is 20.8 Å². The Morgan fingerprint density at radius 3 is 2.56 bits per heavy atom. The summed E-state index contributed by atoms with van der Waals surface area (Å²) in [6.07, 6.45) is 5.11. The highest BCUT2D eigenvalue weighted by Crippen LogP contribution is 2.22. The Balaban J connectivity index is 1.84. The number of benzene rings is 1. The Morgan fingerprint density at radius 2 is 1.84 bits per heavy atom. The van der Waals surface area contributed by atoms with Crippen molar-refractivity contribution in [2.75, 3.05) is 0 Å². The van der Waals surface area contributed by atoms with Gasteiger partial charge in [-0.15, -0.1) is 0 Å². The van der Waals surface area contributed by atoms with Crippen LogP contribution in [-0.4, -0.2) is 20.7 Å². The Labute approximate surface area is 147 Å². The molecule has 0 aliphatic carbocycles. The molecule has 0 aliphatic heterocycles. The number of hydrogen-bond acceptors (Lipinski definition) is 3. The summed E-state index contributed by atoms with van der Waals surface area (Å²) in [6.45, 7) is 7.96. The molecule has 0 unspecified atom stereocenters. The van der Waals surface area contributed by atoms with Gasteiger partial charge in [-0.1, -0.05) is 18.2 Å². The second kappa shape index (κ2) is 6.89. The first-order valence-corrected chi connectivity index (χ1v) is 8.31. The molecule has 2 heterocycles. The van der Waals surface area contributed by atoms with Crippen molar-refractivity contribution >= 4 is 5.91 Å². The van der Waals surface area contributed by atoms with E-state index >= 15 is 0 Å². The van der Waals surface area contributed by atoms with Gasteiger partial charge >= 0.3 is 0 Å². The molecule has 0 bridgehead atoms. The molecule has 25 heavy (non-hydrogen) atoms. The third-order valence-corrected chi connectivity index (χ3v) is 4.49. The van der Waals surface area contributed by atoms with E-state index in [1.54, 1.807) is 12.4 Å². The van der Waals surface area contributed by atoms with Gasteiger partial charge in [-0.05, 0) is 51.0 Å². The maximum atomic E-state index is 12.5. The van der Waals surface area contributed by atoms with E-state index in [0.717, 1.165) is 28.1 Å². The van der Waals surface area contributed by atoms with Gasteiger partial charge in [-0.2, -0.15) is 5.10 Å². The van der Waals surface area contributed by atoms with Crippen LogP contribution in [0.25, 0.3) is 5.69 Å². The summed E-state index contributed by atoms with van der Waals surface area (Å²) in [5.74, 6) is -0.124. The summed E-state index contributed by atoms with van der Waals surface area (Å²) in [6, 6.07) is 9.80. The van der Waals surface area contributed by atoms with Gasteiger partial charge in [-0.25, -0.2) is 4.68 Å². The molecule has 1 aromatic carbocycles. The van der Waals surface area contributed by atoms with Gasteiger partial charge in [0.05, 0.1) is 23.5 Å². The zero-order chi connectivity index (χ0) is 18.0. The molecule has 1 amide bonds. The fraction of sp³-hybridized carbons (Fsp3) is 0.250. The molecule has 2 aromatic heterocycles. The number of amides is 1. The summed E-state index contributed by atoms with van der Waals surface area (Å²) < 4.78 is 1.92. The van der Waals surface area contributed by atoms with Crippen molar-refractivity contribution in [1.82, 2.24) is 20.1 Å². The van der Waals surface area contributed by atoms with Crippen LogP contribution in [0.3, 0.4) is 0 Å². The third kappa shape index (κ3) is 3.31. The molecular weight excluding hydrogens is 312 g/mol. The van der Waals surface area contributed by atoms with E-state index in [4.69, 9.17) is 0 Å². The summed E-state index contributed by atoms with van der Waals surface area (Å²) >= 11 is 0. The summed E-state index contributed by atoms with van der Waals surface area (Å²) in [5.41, 5.74) is 5.73. The number of rotatable bonds is 4. The van der Waals surface area contributed by atoms with Gasteiger partial charge in [0.25, 0.3) is 5.91 Å². The zero-order valence-corrected chi connectivity index (χ0v) is 14.9. The van der Waals surface area contributed by atoms with E-state index in [0.29, 0.717) is 5.56 Å². The number of carbonyl (C=O) groups excluding carboxylic acids is 1. The monoisotopic (exact) mass is 334 g/mol. The van der Waals surface area contributed by atoms with Crippen LogP contribution >= 0.6 is 0 Å². The molecule has 3 aromatic rings. The fourth-order valence-electron chi connectivity index (χ4n) is 2.95. The van der Waals surface area contributed by atoms with Crippen molar-refractivity contribution in [3.63, 3.8) is 0 Å². The lowest BCUT2D eigenvalue weighted by Gasteiger charge is -2.15. The molecule has 5 heteroatoms. The summed E-state index contributed by atoms with van der Waals surface area (Å²) in [4.78, 5) is 16.6. The zero-order valence-electron chi connectivity index (χ0n) is 14.9. The predicted molar refractivity (Wildman–Crippen MR) is 97.9 cm³/mol. The number of aryl methyl sites for hydroxylation is 2. The molecule has 1 atom stereocenters. The lowest BCUT2D eigenvalue weighted by molar-refractivity contribution is 0.0939. The lowest BCUT2D eigenvalue weighted by atomic mass is 10.1. The van der Waals surface area contributed by atoms with Crippen LogP contribution in [0.5, 0.6) is 0 Å². The number of pyridine rings is 1.